The fourth-order valence-electron chi connectivity index (χ4n) is 12.0. The molecule has 3 N–H and O–H groups in total. The lowest BCUT2D eigenvalue weighted by Gasteiger charge is -2.54. The molecule has 0 unspecified atom stereocenters. The van der Waals surface area contributed by atoms with Crippen LogP contribution in [0.3, 0.4) is 0 Å². The Balaban J connectivity index is 0.690. The van der Waals surface area contributed by atoms with E-state index in [1.807, 2.05) is 55.6 Å². The molecule has 1 aliphatic carbocycles. The van der Waals surface area contributed by atoms with Gasteiger partial charge >= 0.3 is 5.97 Å². The number of anilines is 2. The van der Waals surface area contributed by atoms with E-state index in [0.717, 1.165) is 40.9 Å². The highest BCUT2D eigenvalue weighted by molar-refractivity contribution is 7.89. The first-order chi connectivity index (χ1) is 39.6. The van der Waals surface area contributed by atoms with E-state index in [0.29, 0.717) is 72.9 Å². The Labute approximate surface area is 492 Å². The third-order valence-corrected chi connectivity index (χ3v) is 19.2. The Morgan fingerprint density at radius 3 is 2.11 bits per heavy atom. The highest BCUT2D eigenvalue weighted by Crippen LogP contribution is 2.54. The summed E-state index contributed by atoms with van der Waals surface area (Å²) in [7, 11) is -4.07. The number of imidazole rings is 1. The van der Waals surface area contributed by atoms with Gasteiger partial charge in [-0.3, -0.25) is 33.5 Å². The standard InChI is InChI=1S/C60H70Cl2FN11O8S/c1-59(2,3)50(74-54(39-15-18-43(61)19-16-39)45(40-9-8-10-44(62)29-40)31-60(4,58(74)80)32-53(77)78)37-83(81,82)72-27-25-70(26-28-72)52(76)12-7-5-6-11-51(75)69-21-23-71(24-22-69)57(79)41-17-20-47(46(63)30-41)67-55-56-64-35-49(42-33-65-66-34-42)73(56)36-48(68-55)38-13-14-38/h8-10,15-20,29-30,33-36,38,45,50,54H,5-7,11-14,21-28,31-32,37H2,1-4H3,(H,65,66)(H,67,68)(H,77,78)/t45-,50-,54-,60-/m1/s1. The van der Waals surface area contributed by atoms with E-state index in [2.05, 4.69) is 20.5 Å². The predicted octanol–water partition coefficient (Wildman–Crippen LogP) is 9.55. The maximum Gasteiger partial charge on any atom is 0.304 e. The number of H-pyrrole nitrogens is 1. The van der Waals surface area contributed by atoms with Gasteiger partial charge in [-0.15, -0.1) is 0 Å². The summed E-state index contributed by atoms with van der Waals surface area (Å²) in [5.41, 5.74) is 2.72. The van der Waals surface area contributed by atoms with E-state index in [-0.39, 0.29) is 74.4 Å². The number of nitrogens with one attached hydrogen (secondary N) is 2. The molecule has 19 nitrogen and oxygen atoms in total. The van der Waals surface area contributed by atoms with Crippen LogP contribution in [0, 0.1) is 16.6 Å². The molecule has 0 radical (unpaired) electrons. The average Bonchev–Trinajstić information content (AvgIpc) is 3.58. The van der Waals surface area contributed by atoms with Crippen LogP contribution < -0.4 is 5.32 Å². The van der Waals surface area contributed by atoms with Crippen LogP contribution in [-0.2, 0) is 29.2 Å². The SMILES string of the molecule is CC(C)(C)[C@@H](CS(=O)(=O)N1CCN(C(=O)CCCCCC(=O)N2CCN(C(=O)c3ccc(Nc4nc(C5CC5)cn5c(-c6cn[nH]c6)cnc45)c(F)c3)CC2)CC1)N1C(=O)[C@@](C)(CC(=O)O)C[C@H](c2cccc(Cl)c2)[C@H]1c1ccc(Cl)cc1. The van der Waals surface area contributed by atoms with Gasteiger partial charge in [-0.05, 0) is 91.1 Å². The summed E-state index contributed by atoms with van der Waals surface area (Å²) in [5.74, 6) is -2.87. The second-order valence-corrected chi connectivity index (χ2v) is 26.7. The second kappa shape index (κ2) is 24.3. The largest absolute Gasteiger partial charge is 0.481 e. The minimum Gasteiger partial charge on any atom is -0.481 e. The fourth-order valence-corrected chi connectivity index (χ4v) is 14.3. The molecular formula is C60H70Cl2FN11O8S. The van der Waals surface area contributed by atoms with Crippen LogP contribution in [0.1, 0.15) is 131 Å². The number of carbonyl (C=O) groups is 5. The zero-order valence-electron chi connectivity index (χ0n) is 47.1. The van der Waals surface area contributed by atoms with Crippen LogP contribution in [0.5, 0.6) is 0 Å². The molecule has 0 bridgehead atoms. The summed E-state index contributed by atoms with van der Waals surface area (Å²) in [5, 5.41) is 21.1. The number of carboxylic acid groups (broad SMARTS) is 1. The Hall–Kier alpha value is -6.94. The lowest BCUT2D eigenvalue weighted by Crippen LogP contribution is -2.61. The highest BCUT2D eigenvalue weighted by atomic mass is 35.5. The van der Waals surface area contributed by atoms with E-state index >= 15 is 9.18 Å². The van der Waals surface area contributed by atoms with Crippen molar-refractivity contribution in [2.75, 3.05) is 63.4 Å². The smallest absolute Gasteiger partial charge is 0.304 e. The minimum atomic E-state index is -4.07. The normalized spacial score (nSPS) is 20.4. The molecule has 83 heavy (non-hydrogen) atoms. The molecule has 4 fully saturated rings. The lowest BCUT2D eigenvalue weighted by atomic mass is 9.66. The van der Waals surface area contributed by atoms with Crippen molar-refractivity contribution < 1.29 is 41.9 Å². The van der Waals surface area contributed by atoms with Gasteiger partial charge in [-0.25, -0.2) is 22.8 Å². The van der Waals surface area contributed by atoms with Crippen molar-refractivity contribution in [3.8, 4) is 11.3 Å². The average molecular weight is 1200 g/mol. The minimum absolute atomic E-state index is 0.0425. The van der Waals surface area contributed by atoms with Gasteiger partial charge in [0.15, 0.2) is 11.5 Å². The van der Waals surface area contributed by atoms with Gasteiger partial charge in [-0.1, -0.05) is 81.6 Å². The van der Waals surface area contributed by atoms with Gasteiger partial charge in [0.05, 0.1) is 59.1 Å². The number of carbonyl (C=O) groups excluding carboxylic acids is 4. The number of carboxylic acids is 1. The van der Waals surface area contributed by atoms with Crippen molar-refractivity contribution >= 4 is 80.0 Å². The van der Waals surface area contributed by atoms with Gasteiger partial charge < -0.3 is 30.0 Å². The monoisotopic (exact) mass is 1190 g/mol. The fraction of sp³-hybridized carbons (Fsp3) is 0.467. The van der Waals surface area contributed by atoms with E-state index in [4.69, 9.17) is 28.2 Å². The van der Waals surface area contributed by atoms with Crippen LogP contribution in [0.2, 0.25) is 10.0 Å². The molecule has 4 aliphatic rings. The maximum atomic E-state index is 15.7. The summed E-state index contributed by atoms with van der Waals surface area (Å²) < 4.78 is 48.3. The number of aromatic amines is 1. The summed E-state index contributed by atoms with van der Waals surface area (Å²) in [6.45, 7) is 9.05. The third-order valence-electron chi connectivity index (χ3n) is 16.8. The molecule has 4 atom stereocenters. The van der Waals surface area contributed by atoms with Crippen LogP contribution in [0.4, 0.5) is 15.9 Å². The zero-order valence-corrected chi connectivity index (χ0v) is 49.4. The Morgan fingerprint density at radius 1 is 0.843 bits per heavy atom. The topological polar surface area (TPSA) is 227 Å². The molecule has 1 saturated carbocycles. The molecule has 6 heterocycles. The molecular weight excluding hydrogens is 1120 g/mol. The zero-order chi connectivity index (χ0) is 59.0. The number of halogens is 3. The molecule has 440 valence electrons. The van der Waals surface area contributed by atoms with Crippen molar-refractivity contribution in [3.05, 3.63) is 130 Å². The van der Waals surface area contributed by atoms with Crippen molar-refractivity contribution in [1.82, 2.24) is 48.5 Å². The molecule has 0 spiro atoms. The first-order valence-electron chi connectivity index (χ1n) is 28.4. The number of rotatable bonds is 19. The molecule has 3 aliphatic heterocycles. The Morgan fingerprint density at radius 2 is 1.51 bits per heavy atom. The molecule has 4 amide bonds. The van der Waals surface area contributed by atoms with Crippen LogP contribution in [-0.4, -0.2) is 156 Å². The van der Waals surface area contributed by atoms with Gasteiger partial charge in [0.25, 0.3) is 5.91 Å². The number of aliphatic carboxylic acids is 1. The molecule has 3 aromatic carbocycles. The summed E-state index contributed by atoms with van der Waals surface area (Å²) in [6.07, 6.45) is 11.2. The first kappa shape index (κ1) is 59.2. The van der Waals surface area contributed by atoms with Crippen molar-refractivity contribution in [3.63, 3.8) is 0 Å². The maximum absolute atomic E-state index is 15.7. The number of amides is 4. The number of nitrogens with zero attached hydrogens (tertiary/aromatic N) is 9. The van der Waals surface area contributed by atoms with E-state index in [1.165, 1.54) is 16.4 Å². The first-order valence-corrected chi connectivity index (χ1v) is 30.8. The Kier molecular flexibility index (Phi) is 17.4. The summed E-state index contributed by atoms with van der Waals surface area (Å²) >= 11 is 12.9. The van der Waals surface area contributed by atoms with Crippen molar-refractivity contribution in [2.24, 2.45) is 10.8 Å². The number of aromatic nitrogens is 5. The summed E-state index contributed by atoms with van der Waals surface area (Å²) in [6, 6.07) is 17.0. The number of hydrogen-bond donors (Lipinski definition) is 3. The van der Waals surface area contributed by atoms with Gasteiger partial charge in [-0.2, -0.15) is 9.40 Å². The molecule has 3 saturated heterocycles. The van der Waals surface area contributed by atoms with E-state index in [9.17, 15) is 32.7 Å². The predicted molar refractivity (Wildman–Crippen MR) is 313 cm³/mol. The highest BCUT2D eigenvalue weighted by Gasteiger charge is 2.55. The molecule has 3 aromatic heterocycles. The Bertz CT molecular complexity index is 3510. The lowest BCUT2D eigenvalue weighted by molar-refractivity contribution is -0.162. The number of fused-ring (bicyclic) bond motifs is 1. The third kappa shape index (κ3) is 13.2. The number of hydrogen-bond acceptors (Lipinski definition) is 11. The van der Waals surface area contributed by atoms with Crippen LogP contribution in [0.25, 0.3) is 16.9 Å². The van der Waals surface area contributed by atoms with E-state index in [1.54, 1.807) is 75.4 Å². The number of benzene rings is 3. The quantitative estimate of drug-likeness (QED) is 0.0645. The number of likely N-dealkylation sites (tertiary alicyclic amines) is 1. The van der Waals surface area contributed by atoms with Gasteiger partial charge in [0.2, 0.25) is 27.7 Å². The van der Waals surface area contributed by atoms with Crippen LogP contribution in [0.15, 0.2) is 91.5 Å². The number of piperidine rings is 1. The van der Waals surface area contributed by atoms with Gasteiger partial charge in [0, 0.05) is 111 Å². The molecule has 6 aromatic rings. The van der Waals surface area contributed by atoms with E-state index < -0.39 is 68.7 Å². The van der Waals surface area contributed by atoms with Gasteiger partial charge in [0.1, 0.15) is 5.82 Å². The van der Waals surface area contributed by atoms with Crippen molar-refractivity contribution in [1.29, 1.82) is 0 Å². The number of piperazine rings is 2. The molecule has 23 heteroatoms. The number of unbranched alkanes of at least 4 members (excludes halogenated alkanes) is 2. The number of sulfonamides is 1. The molecule has 10 rings (SSSR count). The van der Waals surface area contributed by atoms with Crippen molar-refractivity contribution in [2.45, 2.75) is 109 Å². The summed E-state index contributed by atoms with van der Waals surface area (Å²) in [4.78, 5) is 83.9. The second-order valence-electron chi connectivity index (χ2n) is 23.8. The van der Waals surface area contributed by atoms with Crippen LogP contribution >= 0.6 is 23.2 Å².